The molecule has 5 aromatic rings. The monoisotopic (exact) mass is 528 g/mol. The van der Waals surface area contributed by atoms with Gasteiger partial charge in [-0.1, -0.05) is 47.7 Å². The molecule has 1 fully saturated rings. The highest BCUT2D eigenvalue weighted by Gasteiger charge is 2.31. The maximum atomic E-state index is 13.5. The number of piperazine rings is 1. The van der Waals surface area contributed by atoms with Crippen molar-refractivity contribution in [1.29, 1.82) is 0 Å². The number of hydrogen-bond donors (Lipinski definition) is 0. The van der Waals surface area contributed by atoms with Crippen molar-refractivity contribution in [3.8, 4) is 0 Å². The summed E-state index contributed by atoms with van der Waals surface area (Å²) < 4.78 is 16.5. The first kappa shape index (κ1) is 24.4. The second-order valence-corrected chi connectivity index (χ2v) is 10.7. The van der Waals surface area contributed by atoms with Crippen LogP contribution < -0.4 is 9.80 Å². The van der Waals surface area contributed by atoms with E-state index in [0.29, 0.717) is 6.54 Å². The molecule has 0 radical (unpaired) electrons. The molecule has 38 heavy (non-hydrogen) atoms. The van der Waals surface area contributed by atoms with E-state index >= 15 is 0 Å². The van der Waals surface area contributed by atoms with E-state index in [-0.39, 0.29) is 11.9 Å². The molecule has 0 bridgehead atoms. The van der Waals surface area contributed by atoms with Crippen molar-refractivity contribution < 1.29 is 4.39 Å². The van der Waals surface area contributed by atoms with Crippen LogP contribution in [-0.4, -0.2) is 70.4 Å². The minimum absolute atomic E-state index is 0.112. The van der Waals surface area contributed by atoms with E-state index in [1.165, 1.54) is 16.8 Å². The molecule has 194 valence electrons. The summed E-state index contributed by atoms with van der Waals surface area (Å²) in [5.74, 6) is 0.524. The zero-order chi connectivity index (χ0) is 26.1. The summed E-state index contributed by atoms with van der Waals surface area (Å²) >= 11 is 1.75. The SMILES string of the molecule is CN(C)c1ccc([C@@H](c2nnnn2Cc2ccc(F)cc2)N2CCN(c3nc4ccccc4s3)CC2)cc1. The summed E-state index contributed by atoms with van der Waals surface area (Å²) in [7, 11) is 4.08. The molecule has 0 saturated carbocycles. The first-order valence-corrected chi connectivity index (χ1v) is 13.5. The normalized spacial score (nSPS) is 15.2. The van der Waals surface area contributed by atoms with Crippen molar-refractivity contribution >= 4 is 32.4 Å². The van der Waals surface area contributed by atoms with Crippen LogP contribution in [0.15, 0.2) is 72.8 Å². The number of anilines is 2. The summed E-state index contributed by atoms with van der Waals surface area (Å²) in [4.78, 5) is 11.8. The zero-order valence-electron chi connectivity index (χ0n) is 21.4. The third-order valence-corrected chi connectivity index (χ3v) is 8.10. The number of thiazole rings is 1. The average molecular weight is 529 g/mol. The number of halogens is 1. The molecule has 0 N–H and O–H groups in total. The van der Waals surface area contributed by atoms with E-state index in [1.54, 1.807) is 23.5 Å². The summed E-state index contributed by atoms with van der Waals surface area (Å²) in [5, 5.41) is 13.9. The van der Waals surface area contributed by atoms with Crippen LogP contribution in [-0.2, 0) is 6.54 Å². The van der Waals surface area contributed by atoms with E-state index in [4.69, 9.17) is 4.98 Å². The molecule has 10 heteroatoms. The van der Waals surface area contributed by atoms with Gasteiger partial charge in [0, 0.05) is 46.0 Å². The Balaban J connectivity index is 1.28. The molecule has 2 aromatic heterocycles. The second kappa shape index (κ2) is 10.5. The Labute approximate surface area is 224 Å². The van der Waals surface area contributed by atoms with Crippen LogP contribution >= 0.6 is 11.3 Å². The molecule has 1 saturated heterocycles. The Kier molecular flexibility index (Phi) is 6.73. The lowest BCUT2D eigenvalue weighted by atomic mass is 10.0. The van der Waals surface area contributed by atoms with Gasteiger partial charge in [0.15, 0.2) is 11.0 Å². The Morgan fingerprint density at radius 2 is 1.66 bits per heavy atom. The fraction of sp³-hybridized carbons (Fsp3) is 0.286. The van der Waals surface area contributed by atoms with Gasteiger partial charge in [-0.25, -0.2) is 14.1 Å². The van der Waals surface area contributed by atoms with Crippen LogP contribution in [0.3, 0.4) is 0 Å². The van der Waals surface area contributed by atoms with Crippen molar-refractivity contribution in [3.05, 3.63) is 95.6 Å². The van der Waals surface area contributed by atoms with Crippen molar-refractivity contribution in [2.45, 2.75) is 12.6 Å². The van der Waals surface area contributed by atoms with Gasteiger partial charge in [0.2, 0.25) is 0 Å². The predicted octanol–water partition coefficient (Wildman–Crippen LogP) is 4.45. The molecule has 1 aliphatic rings. The highest BCUT2D eigenvalue weighted by molar-refractivity contribution is 7.22. The van der Waals surface area contributed by atoms with Crippen molar-refractivity contribution in [2.75, 3.05) is 50.1 Å². The standard InChI is InChI=1S/C28H29FN8S/c1-34(2)23-13-9-21(10-14-23)26(27-31-32-33-37(27)19-20-7-11-22(29)12-8-20)35-15-17-36(18-16-35)28-30-24-5-3-4-6-25(24)38-28/h3-14,26H,15-19H2,1-2H3/t26-/m0/s1. The molecule has 0 spiro atoms. The lowest BCUT2D eigenvalue weighted by Gasteiger charge is -2.39. The fourth-order valence-corrected chi connectivity index (χ4v) is 5.94. The summed E-state index contributed by atoms with van der Waals surface area (Å²) in [6.07, 6.45) is 0. The summed E-state index contributed by atoms with van der Waals surface area (Å²) in [6.45, 7) is 3.90. The summed E-state index contributed by atoms with van der Waals surface area (Å²) in [6, 6.07) is 23.3. The molecule has 1 atom stereocenters. The van der Waals surface area contributed by atoms with Crippen LogP contribution in [0.1, 0.15) is 23.0 Å². The van der Waals surface area contributed by atoms with Crippen LogP contribution in [0.2, 0.25) is 0 Å². The van der Waals surface area contributed by atoms with Crippen LogP contribution in [0.5, 0.6) is 0 Å². The van der Waals surface area contributed by atoms with Gasteiger partial charge in [-0.05, 0) is 58.0 Å². The lowest BCUT2D eigenvalue weighted by Crippen LogP contribution is -2.48. The van der Waals surface area contributed by atoms with Gasteiger partial charge in [-0.3, -0.25) is 4.90 Å². The van der Waals surface area contributed by atoms with Crippen molar-refractivity contribution in [2.24, 2.45) is 0 Å². The first-order chi connectivity index (χ1) is 18.5. The van der Waals surface area contributed by atoms with Gasteiger partial charge in [0.1, 0.15) is 5.82 Å². The van der Waals surface area contributed by atoms with Crippen LogP contribution in [0.4, 0.5) is 15.2 Å². The Morgan fingerprint density at radius 3 is 2.37 bits per heavy atom. The van der Waals surface area contributed by atoms with Gasteiger partial charge >= 0.3 is 0 Å². The molecule has 3 heterocycles. The minimum atomic E-state index is -0.254. The molecular weight excluding hydrogens is 499 g/mol. The van der Waals surface area contributed by atoms with Crippen molar-refractivity contribution in [1.82, 2.24) is 30.1 Å². The Bertz CT molecular complexity index is 1470. The maximum Gasteiger partial charge on any atom is 0.186 e. The second-order valence-electron chi connectivity index (χ2n) is 9.70. The fourth-order valence-electron chi connectivity index (χ4n) is 4.93. The first-order valence-electron chi connectivity index (χ1n) is 12.7. The van der Waals surface area contributed by atoms with E-state index in [0.717, 1.165) is 59.5 Å². The molecule has 0 aliphatic carbocycles. The van der Waals surface area contributed by atoms with E-state index in [9.17, 15) is 4.39 Å². The number of rotatable bonds is 7. The van der Waals surface area contributed by atoms with Crippen LogP contribution in [0, 0.1) is 5.82 Å². The Hall–Kier alpha value is -3.89. The lowest BCUT2D eigenvalue weighted by molar-refractivity contribution is 0.201. The highest BCUT2D eigenvalue weighted by atomic mass is 32.1. The number of benzene rings is 3. The number of fused-ring (bicyclic) bond motifs is 1. The predicted molar refractivity (Wildman–Crippen MR) is 149 cm³/mol. The third-order valence-electron chi connectivity index (χ3n) is 7.01. The van der Waals surface area contributed by atoms with Gasteiger partial charge < -0.3 is 9.80 Å². The molecular formula is C28H29FN8S. The maximum absolute atomic E-state index is 13.5. The van der Waals surface area contributed by atoms with Crippen LogP contribution in [0.25, 0.3) is 10.2 Å². The smallest absolute Gasteiger partial charge is 0.186 e. The largest absolute Gasteiger partial charge is 0.378 e. The topological polar surface area (TPSA) is 66.2 Å². The number of aromatic nitrogens is 5. The number of para-hydroxylation sites is 1. The van der Waals surface area contributed by atoms with Crippen molar-refractivity contribution in [3.63, 3.8) is 0 Å². The molecule has 3 aromatic carbocycles. The molecule has 1 aliphatic heterocycles. The average Bonchev–Trinajstić information content (AvgIpc) is 3.58. The van der Waals surface area contributed by atoms with E-state index in [1.807, 2.05) is 24.8 Å². The van der Waals surface area contributed by atoms with Gasteiger partial charge in [0.25, 0.3) is 0 Å². The van der Waals surface area contributed by atoms with Gasteiger partial charge in [0.05, 0.1) is 22.8 Å². The minimum Gasteiger partial charge on any atom is -0.378 e. The summed E-state index contributed by atoms with van der Waals surface area (Å²) in [5.41, 5.74) is 4.27. The Morgan fingerprint density at radius 1 is 0.921 bits per heavy atom. The molecule has 6 rings (SSSR count). The van der Waals surface area contributed by atoms with Gasteiger partial charge in [-0.2, -0.15) is 0 Å². The number of hydrogen-bond acceptors (Lipinski definition) is 8. The van der Waals surface area contributed by atoms with E-state index < -0.39 is 0 Å². The molecule has 8 nitrogen and oxygen atoms in total. The quantitative estimate of drug-likeness (QED) is 0.309. The number of nitrogens with zero attached hydrogens (tertiary/aromatic N) is 8. The zero-order valence-corrected chi connectivity index (χ0v) is 22.2. The molecule has 0 amide bonds. The number of tetrazole rings is 1. The third kappa shape index (κ3) is 4.97. The molecule has 0 unspecified atom stereocenters. The van der Waals surface area contributed by atoms with E-state index in [2.05, 4.69) is 72.7 Å². The highest BCUT2D eigenvalue weighted by Crippen LogP contribution is 2.33. The van der Waals surface area contributed by atoms with Gasteiger partial charge in [-0.15, -0.1) is 5.10 Å².